The summed E-state index contributed by atoms with van der Waals surface area (Å²) in [5, 5.41) is 12.5. The Morgan fingerprint density at radius 1 is 0.676 bits per heavy atom. The van der Waals surface area contributed by atoms with Crippen LogP contribution in [0.1, 0.15) is 27.7 Å². The van der Waals surface area contributed by atoms with Crippen molar-refractivity contribution in [1.82, 2.24) is 0 Å². The van der Waals surface area contributed by atoms with Crippen molar-refractivity contribution < 1.29 is 14.2 Å². The van der Waals surface area contributed by atoms with Gasteiger partial charge in [-0.15, -0.1) is 0 Å². The summed E-state index contributed by atoms with van der Waals surface area (Å²) in [6.45, 7) is 7.27. The molecule has 0 unspecified atom stereocenters. The summed E-state index contributed by atoms with van der Waals surface area (Å²) in [6, 6.07) is 31.3. The standard InChI is InChI=1S/C30H28BO3/c1-29(2,32)30(3,4)34-31-25-11-8-12-26-28(25)24-18-17-23(19-27(24)33-26)22-15-13-21(14-16-22)20-9-6-5-7-10-20/h5-19,32H,1-4H3. The first-order chi connectivity index (χ1) is 16.2. The average Bonchev–Trinajstić information content (AvgIpc) is 3.21. The van der Waals surface area contributed by atoms with E-state index in [0.29, 0.717) is 0 Å². The van der Waals surface area contributed by atoms with Gasteiger partial charge in [0.2, 0.25) is 0 Å². The van der Waals surface area contributed by atoms with Crippen molar-refractivity contribution in [3.63, 3.8) is 0 Å². The van der Waals surface area contributed by atoms with Crippen LogP contribution >= 0.6 is 0 Å². The van der Waals surface area contributed by atoms with E-state index in [1.807, 2.05) is 38.1 Å². The van der Waals surface area contributed by atoms with Crippen molar-refractivity contribution in [3.8, 4) is 22.3 Å². The van der Waals surface area contributed by atoms with Gasteiger partial charge in [0.05, 0.1) is 11.2 Å². The van der Waals surface area contributed by atoms with Crippen LogP contribution in [0.25, 0.3) is 44.2 Å². The van der Waals surface area contributed by atoms with Gasteiger partial charge < -0.3 is 14.2 Å². The molecule has 0 aliphatic carbocycles. The van der Waals surface area contributed by atoms with Gasteiger partial charge in [-0.1, -0.05) is 72.8 Å². The molecule has 1 heterocycles. The highest BCUT2D eigenvalue weighted by molar-refractivity contribution is 6.52. The highest BCUT2D eigenvalue weighted by Gasteiger charge is 2.36. The molecule has 5 rings (SSSR count). The summed E-state index contributed by atoms with van der Waals surface area (Å²) in [6.07, 6.45) is 0. The van der Waals surface area contributed by atoms with Crippen molar-refractivity contribution in [1.29, 1.82) is 0 Å². The maximum atomic E-state index is 10.4. The predicted octanol–water partition coefficient (Wildman–Crippen LogP) is 6.73. The topological polar surface area (TPSA) is 42.6 Å². The van der Waals surface area contributed by atoms with E-state index in [0.717, 1.165) is 38.5 Å². The fourth-order valence-corrected chi connectivity index (χ4v) is 3.97. The summed E-state index contributed by atoms with van der Waals surface area (Å²) >= 11 is 0. The third-order valence-corrected chi connectivity index (χ3v) is 6.81. The van der Waals surface area contributed by atoms with Gasteiger partial charge >= 0.3 is 7.48 Å². The molecule has 4 heteroatoms. The van der Waals surface area contributed by atoms with Crippen LogP contribution in [-0.4, -0.2) is 23.8 Å². The smallest absolute Gasteiger partial charge is 0.331 e. The van der Waals surface area contributed by atoms with Crippen LogP contribution < -0.4 is 5.46 Å². The summed E-state index contributed by atoms with van der Waals surface area (Å²) < 4.78 is 12.3. The molecule has 1 radical (unpaired) electrons. The summed E-state index contributed by atoms with van der Waals surface area (Å²) in [5.41, 5.74) is 5.50. The van der Waals surface area contributed by atoms with E-state index < -0.39 is 11.2 Å². The summed E-state index contributed by atoms with van der Waals surface area (Å²) in [5.74, 6) is 0. The zero-order chi connectivity index (χ0) is 23.9. The molecule has 1 aromatic heterocycles. The lowest BCUT2D eigenvalue weighted by Gasteiger charge is -2.37. The minimum atomic E-state index is -0.985. The SMILES string of the molecule is CC(C)(O)C(C)(C)O[B]c1cccc2oc3cc(-c4ccc(-c5ccccc5)cc4)ccc3c12. The molecule has 0 atom stereocenters. The van der Waals surface area contributed by atoms with Crippen LogP contribution in [0.15, 0.2) is 95.4 Å². The second-order valence-corrected chi connectivity index (χ2v) is 9.78. The van der Waals surface area contributed by atoms with Crippen molar-refractivity contribution in [2.45, 2.75) is 38.9 Å². The second-order valence-electron chi connectivity index (χ2n) is 9.78. The molecule has 0 spiro atoms. The van der Waals surface area contributed by atoms with Crippen molar-refractivity contribution in [3.05, 3.63) is 91.0 Å². The van der Waals surface area contributed by atoms with E-state index in [4.69, 9.17) is 9.07 Å². The van der Waals surface area contributed by atoms with E-state index >= 15 is 0 Å². The van der Waals surface area contributed by atoms with Crippen LogP contribution in [0.5, 0.6) is 0 Å². The minimum absolute atomic E-state index is 0.742. The Morgan fingerprint density at radius 2 is 1.29 bits per heavy atom. The Labute approximate surface area is 201 Å². The van der Waals surface area contributed by atoms with Gasteiger partial charge in [-0.05, 0) is 73.6 Å². The maximum absolute atomic E-state index is 10.4. The fourth-order valence-electron chi connectivity index (χ4n) is 3.97. The third kappa shape index (κ3) is 4.15. The van der Waals surface area contributed by atoms with Crippen molar-refractivity contribution >= 4 is 34.9 Å². The summed E-state index contributed by atoms with van der Waals surface area (Å²) in [4.78, 5) is 0. The molecule has 1 N–H and O–H groups in total. The number of hydrogen-bond donors (Lipinski definition) is 1. The van der Waals surface area contributed by atoms with Gasteiger partial charge in [0.15, 0.2) is 0 Å². The van der Waals surface area contributed by atoms with Crippen LogP contribution in [0.3, 0.4) is 0 Å². The van der Waals surface area contributed by atoms with Crippen molar-refractivity contribution in [2.75, 3.05) is 0 Å². The number of fused-ring (bicyclic) bond motifs is 3. The van der Waals surface area contributed by atoms with Gasteiger partial charge in [-0.25, -0.2) is 0 Å². The summed E-state index contributed by atoms with van der Waals surface area (Å²) in [7, 11) is 1.73. The first kappa shape index (κ1) is 22.5. The molecule has 0 saturated carbocycles. The normalized spacial score (nSPS) is 12.4. The third-order valence-electron chi connectivity index (χ3n) is 6.81. The number of hydrogen-bond acceptors (Lipinski definition) is 3. The van der Waals surface area contributed by atoms with Crippen LogP contribution in [0, 0.1) is 0 Å². The number of furan rings is 1. The van der Waals surface area contributed by atoms with E-state index in [1.54, 1.807) is 21.3 Å². The minimum Gasteiger partial charge on any atom is -0.456 e. The fraction of sp³-hybridized carbons (Fsp3) is 0.200. The lowest BCUT2D eigenvalue weighted by molar-refractivity contribution is -0.0893. The zero-order valence-corrected chi connectivity index (χ0v) is 20.0. The van der Waals surface area contributed by atoms with E-state index in [9.17, 15) is 5.11 Å². The number of benzene rings is 4. The molecule has 5 aromatic rings. The Kier molecular flexibility index (Phi) is 5.59. The quantitative estimate of drug-likeness (QED) is 0.294. The molecular weight excluding hydrogens is 419 g/mol. The largest absolute Gasteiger partial charge is 0.456 e. The molecule has 0 amide bonds. The molecule has 0 fully saturated rings. The first-order valence-corrected chi connectivity index (χ1v) is 11.6. The van der Waals surface area contributed by atoms with Gasteiger partial charge in [-0.2, -0.15) is 0 Å². The lowest BCUT2D eigenvalue weighted by Crippen LogP contribution is -2.49. The second kappa shape index (κ2) is 8.46. The number of aliphatic hydroxyl groups is 1. The van der Waals surface area contributed by atoms with Crippen molar-refractivity contribution in [2.24, 2.45) is 0 Å². The van der Waals surface area contributed by atoms with Crippen LogP contribution in [0.4, 0.5) is 0 Å². The molecule has 0 aliphatic heterocycles. The monoisotopic (exact) mass is 447 g/mol. The predicted molar refractivity (Wildman–Crippen MR) is 141 cm³/mol. The lowest BCUT2D eigenvalue weighted by atomic mass is 9.80. The molecule has 0 aliphatic rings. The Hall–Kier alpha value is -3.34. The van der Waals surface area contributed by atoms with E-state index in [-0.39, 0.29) is 0 Å². The Bertz CT molecular complexity index is 1440. The highest BCUT2D eigenvalue weighted by Crippen LogP contribution is 2.33. The molecule has 0 saturated heterocycles. The average molecular weight is 447 g/mol. The number of rotatable bonds is 6. The Balaban J connectivity index is 1.48. The Morgan fingerprint density at radius 3 is 1.97 bits per heavy atom. The highest BCUT2D eigenvalue weighted by atomic mass is 16.5. The van der Waals surface area contributed by atoms with E-state index in [2.05, 4.69) is 66.7 Å². The van der Waals surface area contributed by atoms with Gasteiger partial charge in [0.1, 0.15) is 11.2 Å². The molecule has 0 bridgehead atoms. The van der Waals surface area contributed by atoms with E-state index in [1.165, 1.54) is 11.1 Å². The van der Waals surface area contributed by atoms with Gasteiger partial charge in [-0.3, -0.25) is 0 Å². The van der Waals surface area contributed by atoms with Crippen LogP contribution in [-0.2, 0) is 4.65 Å². The maximum Gasteiger partial charge on any atom is 0.331 e. The zero-order valence-electron chi connectivity index (χ0n) is 20.0. The van der Waals surface area contributed by atoms with Crippen LogP contribution in [0.2, 0.25) is 0 Å². The molecule has 4 aromatic carbocycles. The molecule has 169 valence electrons. The van der Waals surface area contributed by atoms with Gasteiger partial charge in [0.25, 0.3) is 0 Å². The van der Waals surface area contributed by atoms with Gasteiger partial charge in [0, 0.05) is 10.8 Å². The molecule has 34 heavy (non-hydrogen) atoms. The molecule has 3 nitrogen and oxygen atoms in total. The molecular formula is C30H28BO3. The first-order valence-electron chi connectivity index (χ1n) is 11.6.